The number of sulfonamides is 1. The molecule has 1 aromatic heterocycles. The van der Waals surface area contributed by atoms with Gasteiger partial charge in [0, 0.05) is 12.4 Å². The first kappa shape index (κ1) is 21.6. The highest BCUT2D eigenvalue weighted by Crippen LogP contribution is 2.32. The normalized spacial score (nSPS) is 11.2. The summed E-state index contributed by atoms with van der Waals surface area (Å²) in [6.45, 7) is 2.11. The smallest absolute Gasteiger partial charge is 0.264 e. The SMILES string of the molecule is COc1ccc(S(=O)(=O)N(Cc2cccnc2)c2ccc(-c3ccccc3)cc2C)cc1. The number of pyridine rings is 1. The lowest BCUT2D eigenvalue weighted by atomic mass is 10.0. The number of aryl methyl sites for hydroxylation is 1. The summed E-state index contributed by atoms with van der Waals surface area (Å²) in [4.78, 5) is 4.35. The number of rotatable bonds is 7. The quantitative estimate of drug-likeness (QED) is 0.380. The first-order valence-electron chi connectivity index (χ1n) is 10.2. The molecule has 0 aliphatic carbocycles. The molecule has 0 fully saturated rings. The predicted molar refractivity (Wildman–Crippen MR) is 127 cm³/mol. The van der Waals surface area contributed by atoms with Crippen LogP contribution < -0.4 is 9.04 Å². The molecule has 0 unspecified atom stereocenters. The number of ether oxygens (including phenoxy) is 1. The lowest BCUT2D eigenvalue weighted by molar-refractivity contribution is 0.414. The van der Waals surface area contributed by atoms with Gasteiger partial charge in [-0.25, -0.2) is 8.42 Å². The summed E-state index contributed by atoms with van der Waals surface area (Å²) < 4.78 is 34.0. The number of methoxy groups -OCH3 is 1. The Morgan fingerprint density at radius 3 is 2.25 bits per heavy atom. The molecule has 0 saturated carbocycles. The van der Waals surface area contributed by atoms with E-state index in [1.165, 1.54) is 4.31 Å². The van der Waals surface area contributed by atoms with Crippen molar-refractivity contribution in [2.45, 2.75) is 18.4 Å². The lowest BCUT2D eigenvalue weighted by Gasteiger charge is -2.26. The molecule has 6 heteroatoms. The van der Waals surface area contributed by atoms with Crippen molar-refractivity contribution in [3.05, 3.63) is 108 Å². The molecule has 0 spiro atoms. The molecular weight excluding hydrogens is 420 g/mol. The van der Waals surface area contributed by atoms with Gasteiger partial charge in [0.05, 0.1) is 24.2 Å². The van der Waals surface area contributed by atoms with Gasteiger partial charge in [0.1, 0.15) is 5.75 Å². The van der Waals surface area contributed by atoms with Crippen LogP contribution in [0, 0.1) is 6.92 Å². The van der Waals surface area contributed by atoms with Gasteiger partial charge in [0.15, 0.2) is 0 Å². The molecule has 0 aliphatic rings. The first-order chi connectivity index (χ1) is 15.5. The molecule has 0 aliphatic heterocycles. The molecule has 32 heavy (non-hydrogen) atoms. The molecule has 1 heterocycles. The van der Waals surface area contributed by atoms with Gasteiger partial charge in [0.25, 0.3) is 10.0 Å². The van der Waals surface area contributed by atoms with Gasteiger partial charge in [-0.1, -0.05) is 42.5 Å². The van der Waals surface area contributed by atoms with Crippen LogP contribution in [0.3, 0.4) is 0 Å². The van der Waals surface area contributed by atoms with Crippen LogP contribution >= 0.6 is 0 Å². The molecule has 3 aromatic carbocycles. The second-order valence-corrected chi connectivity index (χ2v) is 9.28. The Morgan fingerprint density at radius 2 is 1.62 bits per heavy atom. The van der Waals surface area contributed by atoms with Gasteiger partial charge in [-0.2, -0.15) is 0 Å². The molecule has 162 valence electrons. The maximum absolute atomic E-state index is 13.7. The number of anilines is 1. The number of benzene rings is 3. The molecule has 0 N–H and O–H groups in total. The van der Waals surface area contributed by atoms with E-state index in [9.17, 15) is 8.42 Å². The van der Waals surface area contributed by atoms with E-state index in [0.29, 0.717) is 11.4 Å². The van der Waals surface area contributed by atoms with Crippen molar-refractivity contribution in [3.63, 3.8) is 0 Å². The third-order valence-corrected chi connectivity index (χ3v) is 7.04. The first-order valence-corrected chi connectivity index (χ1v) is 11.6. The molecule has 4 aromatic rings. The van der Waals surface area contributed by atoms with Crippen LogP contribution in [0.5, 0.6) is 5.75 Å². The Hall–Kier alpha value is -3.64. The third-order valence-electron chi connectivity index (χ3n) is 5.27. The van der Waals surface area contributed by atoms with E-state index in [0.717, 1.165) is 22.3 Å². The van der Waals surface area contributed by atoms with Crippen molar-refractivity contribution in [1.29, 1.82) is 0 Å². The van der Waals surface area contributed by atoms with E-state index in [-0.39, 0.29) is 11.4 Å². The summed E-state index contributed by atoms with van der Waals surface area (Å²) in [6, 6.07) is 26.0. The van der Waals surface area contributed by atoms with Crippen LogP contribution in [-0.4, -0.2) is 20.5 Å². The van der Waals surface area contributed by atoms with E-state index < -0.39 is 10.0 Å². The summed E-state index contributed by atoms with van der Waals surface area (Å²) >= 11 is 0. The van der Waals surface area contributed by atoms with Gasteiger partial charge < -0.3 is 4.74 Å². The van der Waals surface area contributed by atoms with Crippen molar-refractivity contribution in [3.8, 4) is 16.9 Å². The summed E-state index contributed by atoms with van der Waals surface area (Å²) in [5.74, 6) is 0.603. The van der Waals surface area contributed by atoms with E-state index in [1.807, 2.05) is 61.5 Å². The van der Waals surface area contributed by atoms with Crippen LogP contribution in [0.15, 0.2) is 102 Å². The lowest BCUT2D eigenvalue weighted by Crippen LogP contribution is -2.31. The van der Waals surface area contributed by atoms with Gasteiger partial charge in [-0.05, 0) is 71.6 Å². The van der Waals surface area contributed by atoms with Crippen LogP contribution in [0.25, 0.3) is 11.1 Å². The van der Waals surface area contributed by atoms with Crippen LogP contribution in [0.4, 0.5) is 5.69 Å². The second kappa shape index (κ2) is 9.24. The second-order valence-electron chi connectivity index (χ2n) is 7.42. The zero-order chi connectivity index (χ0) is 22.6. The fraction of sp³-hybridized carbons (Fsp3) is 0.115. The van der Waals surface area contributed by atoms with E-state index in [4.69, 9.17) is 4.74 Å². The minimum Gasteiger partial charge on any atom is -0.497 e. The minimum atomic E-state index is -3.83. The maximum Gasteiger partial charge on any atom is 0.264 e. The van der Waals surface area contributed by atoms with Gasteiger partial charge >= 0.3 is 0 Å². The standard InChI is InChI=1S/C26H24N2O3S/c1-20-17-23(22-8-4-3-5-9-22)10-15-26(20)28(19-21-7-6-16-27-18-21)32(29,30)25-13-11-24(31-2)12-14-25/h3-18H,19H2,1-2H3. The van der Waals surface area contributed by atoms with Crippen LogP contribution in [-0.2, 0) is 16.6 Å². The zero-order valence-corrected chi connectivity index (χ0v) is 18.8. The predicted octanol–water partition coefficient (Wildman–Crippen LogP) is 5.46. The number of aromatic nitrogens is 1. The minimum absolute atomic E-state index is 0.174. The van der Waals surface area contributed by atoms with Crippen molar-refractivity contribution in [2.24, 2.45) is 0 Å². The Balaban J connectivity index is 1.79. The molecule has 0 saturated heterocycles. The molecule has 0 bridgehead atoms. The topological polar surface area (TPSA) is 59.5 Å². The van der Waals surface area contributed by atoms with Gasteiger partial charge in [-0.3, -0.25) is 9.29 Å². The van der Waals surface area contributed by atoms with Gasteiger partial charge in [-0.15, -0.1) is 0 Å². The van der Waals surface area contributed by atoms with E-state index >= 15 is 0 Å². The van der Waals surface area contributed by atoms with E-state index in [1.54, 1.807) is 49.8 Å². The number of nitrogens with zero attached hydrogens (tertiary/aromatic N) is 2. The molecule has 4 rings (SSSR count). The number of hydrogen-bond acceptors (Lipinski definition) is 4. The van der Waals surface area contributed by atoms with Gasteiger partial charge in [0.2, 0.25) is 0 Å². The monoisotopic (exact) mass is 444 g/mol. The maximum atomic E-state index is 13.7. The highest BCUT2D eigenvalue weighted by atomic mass is 32.2. The molecule has 0 atom stereocenters. The van der Waals surface area contributed by atoms with Crippen LogP contribution in [0.1, 0.15) is 11.1 Å². The van der Waals surface area contributed by atoms with E-state index in [2.05, 4.69) is 4.98 Å². The highest BCUT2D eigenvalue weighted by Gasteiger charge is 2.27. The summed E-state index contributed by atoms with van der Waals surface area (Å²) in [7, 11) is -2.28. The van der Waals surface area contributed by atoms with Crippen LogP contribution in [0.2, 0.25) is 0 Å². The summed E-state index contributed by atoms with van der Waals surface area (Å²) in [5, 5.41) is 0. The highest BCUT2D eigenvalue weighted by molar-refractivity contribution is 7.92. The fourth-order valence-corrected chi connectivity index (χ4v) is 5.09. The Labute approximate surface area is 189 Å². The van der Waals surface area contributed by atoms with Crippen molar-refractivity contribution >= 4 is 15.7 Å². The third kappa shape index (κ3) is 4.50. The van der Waals surface area contributed by atoms with Crippen molar-refractivity contribution in [1.82, 2.24) is 4.98 Å². The molecular formula is C26H24N2O3S. The molecule has 0 amide bonds. The number of hydrogen-bond donors (Lipinski definition) is 0. The Morgan fingerprint density at radius 1 is 0.875 bits per heavy atom. The molecule has 0 radical (unpaired) electrons. The molecule has 5 nitrogen and oxygen atoms in total. The average molecular weight is 445 g/mol. The zero-order valence-electron chi connectivity index (χ0n) is 18.0. The fourth-order valence-electron chi connectivity index (χ4n) is 3.58. The average Bonchev–Trinajstić information content (AvgIpc) is 2.84. The van der Waals surface area contributed by atoms with Crippen molar-refractivity contribution < 1.29 is 13.2 Å². The van der Waals surface area contributed by atoms with Crippen molar-refractivity contribution in [2.75, 3.05) is 11.4 Å². The Bertz CT molecular complexity index is 1290. The summed E-state index contributed by atoms with van der Waals surface area (Å²) in [5.41, 5.74) is 4.42. The summed E-state index contributed by atoms with van der Waals surface area (Å²) in [6.07, 6.45) is 3.36. The Kier molecular flexibility index (Phi) is 6.23. The largest absolute Gasteiger partial charge is 0.497 e.